The Morgan fingerprint density at radius 1 is 1.38 bits per heavy atom. The van der Waals surface area contributed by atoms with Crippen LogP contribution in [-0.2, 0) is 16.6 Å². The maximum Gasteiger partial charge on any atom is 0.254 e. The van der Waals surface area contributed by atoms with Crippen molar-refractivity contribution in [2.45, 2.75) is 31.7 Å². The minimum Gasteiger partial charge on any atom is -0.352 e. The molecule has 1 amide bonds. The quantitative estimate of drug-likeness (QED) is 0.731. The SMILES string of the molecule is Cc1nc(C)n(CCCNC(=O)c2cc(S(N)(=O)=O)ccc2F)n1. The molecular formula is C14H18FN5O3S. The van der Waals surface area contributed by atoms with Crippen LogP contribution in [0.5, 0.6) is 0 Å². The number of aromatic nitrogens is 3. The second kappa shape index (κ2) is 7.05. The van der Waals surface area contributed by atoms with Crippen LogP contribution in [-0.4, -0.2) is 35.6 Å². The number of primary sulfonamides is 1. The standard InChI is InChI=1S/C14H18FN5O3S/c1-9-18-10(2)20(19-9)7-3-6-17-14(21)12-8-11(24(16,22)23)4-5-13(12)15/h4-5,8H,3,6-7H2,1-2H3,(H,17,21)(H2,16,22,23). The van der Waals surface area contributed by atoms with Gasteiger partial charge < -0.3 is 5.32 Å². The van der Waals surface area contributed by atoms with Gasteiger partial charge in [-0.15, -0.1) is 0 Å². The second-order valence-electron chi connectivity index (χ2n) is 5.23. The number of hydrogen-bond donors (Lipinski definition) is 2. The summed E-state index contributed by atoms with van der Waals surface area (Å²) in [5.41, 5.74) is -0.366. The maximum absolute atomic E-state index is 13.7. The van der Waals surface area contributed by atoms with Crippen molar-refractivity contribution < 1.29 is 17.6 Å². The number of hydrogen-bond acceptors (Lipinski definition) is 5. The summed E-state index contributed by atoms with van der Waals surface area (Å²) < 4.78 is 38.0. The van der Waals surface area contributed by atoms with Crippen LogP contribution in [0, 0.1) is 19.7 Å². The molecule has 0 unspecified atom stereocenters. The monoisotopic (exact) mass is 355 g/mol. The highest BCUT2D eigenvalue weighted by Crippen LogP contribution is 2.14. The van der Waals surface area contributed by atoms with Crippen molar-refractivity contribution in [3.05, 3.63) is 41.2 Å². The molecule has 130 valence electrons. The molecule has 0 atom stereocenters. The van der Waals surface area contributed by atoms with Gasteiger partial charge in [0.25, 0.3) is 5.91 Å². The minimum atomic E-state index is -4.00. The molecule has 24 heavy (non-hydrogen) atoms. The molecule has 2 rings (SSSR count). The Hall–Kier alpha value is -2.33. The molecule has 1 heterocycles. The zero-order valence-corrected chi connectivity index (χ0v) is 14.1. The zero-order chi connectivity index (χ0) is 17.9. The summed E-state index contributed by atoms with van der Waals surface area (Å²) in [5.74, 6) is -0.0868. The van der Waals surface area contributed by atoms with Gasteiger partial charge in [0.1, 0.15) is 17.5 Å². The first-order chi connectivity index (χ1) is 11.2. The predicted octanol–water partition coefficient (Wildman–Crippen LogP) is 0.502. The Morgan fingerprint density at radius 3 is 2.67 bits per heavy atom. The van der Waals surface area contributed by atoms with Crippen molar-refractivity contribution in [3.8, 4) is 0 Å². The number of aryl methyl sites for hydroxylation is 3. The van der Waals surface area contributed by atoms with Crippen LogP contribution in [0.25, 0.3) is 0 Å². The summed E-state index contributed by atoms with van der Waals surface area (Å²) in [6, 6.07) is 2.83. The van der Waals surface area contributed by atoms with Gasteiger partial charge in [0.05, 0.1) is 10.5 Å². The minimum absolute atomic E-state index is 0.274. The molecule has 10 heteroatoms. The molecule has 8 nitrogen and oxygen atoms in total. The molecule has 1 aromatic carbocycles. The second-order valence-corrected chi connectivity index (χ2v) is 6.79. The summed E-state index contributed by atoms with van der Waals surface area (Å²) >= 11 is 0. The van der Waals surface area contributed by atoms with E-state index in [1.165, 1.54) is 0 Å². The number of carbonyl (C=O) groups is 1. The van der Waals surface area contributed by atoms with E-state index in [9.17, 15) is 17.6 Å². The fraction of sp³-hybridized carbons (Fsp3) is 0.357. The molecule has 1 aromatic heterocycles. The van der Waals surface area contributed by atoms with E-state index < -0.39 is 21.7 Å². The van der Waals surface area contributed by atoms with E-state index in [0.717, 1.165) is 24.0 Å². The smallest absolute Gasteiger partial charge is 0.254 e. The number of sulfonamides is 1. The molecule has 2 aromatic rings. The Labute approximate surface area is 138 Å². The number of nitrogens with zero attached hydrogens (tertiary/aromatic N) is 3. The fourth-order valence-corrected chi connectivity index (χ4v) is 2.69. The molecule has 0 aliphatic carbocycles. The van der Waals surface area contributed by atoms with Gasteiger partial charge in [-0.3, -0.25) is 9.48 Å². The number of amides is 1. The van der Waals surface area contributed by atoms with Crippen molar-refractivity contribution in [1.82, 2.24) is 20.1 Å². The Bertz CT molecular complexity index is 863. The predicted molar refractivity (Wildman–Crippen MR) is 84.2 cm³/mol. The van der Waals surface area contributed by atoms with Crippen molar-refractivity contribution in [2.75, 3.05) is 6.54 Å². The molecular weight excluding hydrogens is 337 g/mol. The lowest BCUT2D eigenvalue weighted by Gasteiger charge is -2.08. The highest BCUT2D eigenvalue weighted by atomic mass is 32.2. The van der Waals surface area contributed by atoms with Crippen LogP contribution in [0.1, 0.15) is 28.4 Å². The van der Waals surface area contributed by atoms with Gasteiger partial charge in [0.15, 0.2) is 0 Å². The lowest BCUT2D eigenvalue weighted by atomic mass is 10.2. The highest BCUT2D eigenvalue weighted by Gasteiger charge is 2.16. The normalized spacial score (nSPS) is 11.5. The number of carbonyl (C=O) groups excluding carboxylic acids is 1. The highest BCUT2D eigenvalue weighted by molar-refractivity contribution is 7.89. The van der Waals surface area contributed by atoms with Gasteiger partial charge in [-0.1, -0.05) is 0 Å². The first-order valence-corrected chi connectivity index (χ1v) is 8.71. The van der Waals surface area contributed by atoms with Crippen molar-refractivity contribution >= 4 is 15.9 Å². The summed E-state index contributed by atoms with van der Waals surface area (Å²) in [5, 5.41) is 11.7. The van der Waals surface area contributed by atoms with E-state index in [-0.39, 0.29) is 17.0 Å². The van der Waals surface area contributed by atoms with Crippen molar-refractivity contribution in [1.29, 1.82) is 0 Å². The maximum atomic E-state index is 13.7. The average Bonchev–Trinajstić information content (AvgIpc) is 2.80. The third kappa shape index (κ3) is 4.36. The van der Waals surface area contributed by atoms with Crippen molar-refractivity contribution in [3.63, 3.8) is 0 Å². The summed E-state index contributed by atoms with van der Waals surface area (Å²) in [4.78, 5) is 15.9. The van der Waals surface area contributed by atoms with Crippen LogP contribution in [0.3, 0.4) is 0 Å². The lowest BCUT2D eigenvalue weighted by Crippen LogP contribution is -2.27. The molecule has 0 saturated carbocycles. The number of nitrogens with two attached hydrogens (primary N) is 1. The Balaban J connectivity index is 1.96. The third-order valence-electron chi connectivity index (χ3n) is 3.31. The van der Waals surface area contributed by atoms with Gasteiger partial charge in [0.2, 0.25) is 10.0 Å². The van der Waals surface area contributed by atoms with Crippen molar-refractivity contribution in [2.24, 2.45) is 5.14 Å². The lowest BCUT2D eigenvalue weighted by molar-refractivity contribution is 0.0948. The molecule has 0 fully saturated rings. The first-order valence-electron chi connectivity index (χ1n) is 7.17. The summed E-state index contributed by atoms with van der Waals surface area (Å²) in [7, 11) is -4.00. The van der Waals surface area contributed by atoms with Gasteiger partial charge in [-0.2, -0.15) is 5.10 Å². The number of rotatable bonds is 6. The van der Waals surface area contributed by atoms with E-state index in [2.05, 4.69) is 15.4 Å². The Morgan fingerprint density at radius 2 is 2.08 bits per heavy atom. The van der Waals surface area contributed by atoms with Gasteiger partial charge in [-0.05, 0) is 38.5 Å². The van der Waals surface area contributed by atoms with Crippen LogP contribution in [0.15, 0.2) is 23.1 Å². The van der Waals surface area contributed by atoms with Gasteiger partial charge >= 0.3 is 0 Å². The van der Waals surface area contributed by atoms with E-state index >= 15 is 0 Å². The molecule has 0 aliphatic rings. The number of nitrogens with one attached hydrogen (secondary N) is 1. The topological polar surface area (TPSA) is 120 Å². The van der Waals surface area contributed by atoms with Crippen LogP contribution >= 0.6 is 0 Å². The largest absolute Gasteiger partial charge is 0.352 e. The fourth-order valence-electron chi connectivity index (χ4n) is 2.15. The summed E-state index contributed by atoms with van der Waals surface area (Å²) in [6.07, 6.45) is 0.561. The third-order valence-corrected chi connectivity index (χ3v) is 4.22. The van der Waals surface area contributed by atoms with Crippen LogP contribution < -0.4 is 10.5 Å². The zero-order valence-electron chi connectivity index (χ0n) is 13.3. The molecule has 0 saturated heterocycles. The molecule has 0 bridgehead atoms. The number of halogens is 1. The van der Waals surface area contributed by atoms with Gasteiger partial charge in [-0.25, -0.2) is 22.9 Å². The van der Waals surface area contributed by atoms with E-state index in [4.69, 9.17) is 5.14 Å². The average molecular weight is 355 g/mol. The summed E-state index contributed by atoms with van der Waals surface area (Å²) in [6.45, 7) is 4.43. The van der Waals surface area contributed by atoms with E-state index in [1.807, 2.05) is 6.92 Å². The van der Waals surface area contributed by atoms with E-state index in [0.29, 0.717) is 18.8 Å². The molecule has 0 spiro atoms. The first kappa shape index (κ1) is 18.0. The van der Waals surface area contributed by atoms with Crippen LogP contribution in [0.2, 0.25) is 0 Å². The molecule has 3 N–H and O–H groups in total. The number of benzene rings is 1. The van der Waals surface area contributed by atoms with E-state index in [1.54, 1.807) is 11.6 Å². The van der Waals surface area contributed by atoms with Gasteiger partial charge in [0, 0.05) is 13.1 Å². The molecule has 0 aliphatic heterocycles. The Kier molecular flexibility index (Phi) is 5.30. The van der Waals surface area contributed by atoms with Crippen LogP contribution in [0.4, 0.5) is 4.39 Å². The molecule has 0 radical (unpaired) electrons.